The topological polar surface area (TPSA) is 41.1 Å². The van der Waals surface area contributed by atoms with Crippen LogP contribution < -0.4 is 10.6 Å². The minimum atomic E-state index is 0.0691. The number of hydrogen-bond acceptors (Lipinski definition) is 2. The molecular weight excluding hydrogens is 212 g/mol. The maximum atomic E-state index is 11.2. The molecule has 1 heterocycles. The van der Waals surface area contributed by atoms with Crippen molar-refractivity contribution < 1.29 is 4.79 Å². The minimum Gasteiger partial charge on any atom is -0.326 e. The van der Waals surface area contributed by atoms with Crippen molar-refractivity contribution in [2.45, 2.75) is 32.1 Å². The van der Waals surface area contributed by atoms with Crippen LogP contribution in [-0.4, -0.2) is 19.0 Å². The summed E-state index contributed by atoms with van der Waals surface area (Å²) >= 11 is 0. The van der Waals surface area contributed by atoms with E-state index in [0.29, 0.717) is 12.3 Å². The summed E-state index contributed by atoms with van der Waals surface area (Å²) in [4.78, 5) is 11.2. The van der Waals surface area contributed by atoms with Crippen LogP contribution in [0.25, 0.3) is 0 Å². The number of benzene rings is 1. The summed E-state index contributed by atoms with van der Waals surface area (Å²) in [6.07, 6.45) is 2.94. The van der Waals surface area contributed by atoms with Gasteiger partial charge in [0.05, 0.1) is 0 Å². The van der Waals surface area contributed by atoms with Crippen LogP contribution in [-0.2, 0) is 4.79 Å². The molecule has 1 amide bonds. The summed E-state index contributed by atoms with van der Waals surface area (Å²) in [5, 5.41) is 6.24. The van der Waals surface area contributed by atoms with Gasteiger partial charge in [0.1, 0.15) is 0 Å². The number of anilines is 1. The second-order valence-corrected chi connectivity index (χ2v) is 4.55. The highest BCUT2D eigenvalue weighted by atomic mass is 16.1. The van der Waals surface area contributed by atoms with Gasteiger partial charge in [-0.15, -0.1) is 0 Å². The second-order valence-electron chi connectivity index (χ2n) is 4.55. The maximum Gasteiger partial charge on any atom is 0.224 e. The molecule has 0 aliphatic carbocycles. The van der Waals surface area contributed by atoms with E-state index in [4.69, 9.17) is 0 Å². The van der Waals surface area contributed by atoms with Gasteiger partial charge in [0, 0.05) is 12.1 Å². The van der Waals surface area contributed by atoms with E-state index >= 15 is 0 Å². The molecule has 1 fully saturated rings. The molecule has 1 aliphatic heterocycles. The number of nitrogens with one attached hydrogen (secondary N) is 2. The van der Waals surface area contributed by atoms with Crippen LogP contribution in [0.5, 0.6) is 0 Å². The lowest BCUT2D eigenvalue weighted by atomic mass is 9.90. The average Bonchev–Trinajstić information content (AvgIpc) is 2.40. The summed E-state index contributed by atoms with van der Waals surface area (Å²) in [6, 6.07) is 8.29. The fourth-order valence-electron chi connectivity index (χ4n) is 2.24. The fraction of sp³-hybridized carbons (Fsp3) is 0.500. The Hall–Kier alpha value is -1.35. The van der Waals surface area contributed by atoms with Crippen LogP contribution in [0, 0.1) is 0 Å². The molecule has 1 aliphatic rings. The SMILES string of the molecule is CCC(=O)Nc1ccc(C2CCNCC2)cc1. The highest BCUT2D eigenvalue weighted by molar-refractivity contribution is 5.90. The molecule has 3 heteroatoms. The van der Waals surface area contributed by atoms with Gasteiger partial charge in [-0.3, -0.25) is 4.79 Å². The Morgan fingerprint density at radius 3 is 2.53 bits per heavy atom. The van der Waals surface area contributed by atoms with E-state index in [1.165, 1.54) is 18.4 Å². The van der Waals surface area contributed by atoms with Crippen LogP contribution in [0.2, 0.25) is 0 Å². The molecule has 1 aromatic carbocycles. The molecule has 0 spiro atoms. The lowest BCUT2D eigenvalue weighted by Gasteiger charge is -2.23. The van der Waals surface area contributed by atoms with Crippen molar-refractivity contribution in [3.05, 3.63) is 29.8 Å². The van der Waals surface area contributed by atoms with E-state index < -0.39 is 0 Å². The van der Waals surface area contributed by atoms with Gasteiger partial charge in [0.15, 0.2) is 0 Å². The van der Waals surface area contributed by atoms with Gasteiger partial charge in [-0.05, 0) is 49.5 Å². The smallest absolute Gasteiger partial charge is 0.224 e. The Morgan fingerprint density at radius 1 is 1.29 bits per heavy atom. The van der Waals surface area contributed by atoms with Crippen molar-refractivity contribution in [1.82, 2.24) is 5.32 Å². The second kappa shape index (κ2) is 5.82. The highest BCUT2D eigenvalue weighted by Gasteiger charge is 2.14. The third-order valence-electron chi connectivity index (χ3n) is 3.33. The van der Waals surface area contributed by atoms with E-state index in [2.05, 4.69) is 22.8 Å². The quantitative estimate of drug-likeness (QED) is 0.840. The van der Waals surface area contributed by atoms with Gasteiger partial charge in [-0.2, -0.15) is 0 Å². The molecule has 1 saturated heterocycles. The van der Waals surface area contributed by atoms with Gasteiger partial charge in [-0.25, -0.2) is 0 Å². The lowest BCUT2D eigenvalue weighted by Crippen LogP contribution is -2.26. The molecular formula is C14H20N2O. The van der Waals surface area contributed by atoms with Crippen LogP contribution in [0.3, 0.4) is 0 Å². The van der Waals surface area contributed by atoms with Gasteiger partial charge >= 0.3 is 0 Å². The zero-order valence-corrected chi connectivity index (χ0v) is 10.3. The van der Waals surface area contributed by atoms with Crippen molar-refractivity contribution in [3.63, 3.8) is 0 Å². The van der Waals surface area contributed by atoms with Crippen molar-refractivity contribution in [2.24, 2.45) is 0 Å². The fourth-order valence-corrected chi connectivity index (χ4v) is 2.24. The molecule has 2 N–H and O–H groups in total. The zero-order chi connectivity index (χ0) is 12.1. The van der Waals surface area contributed by atoms with Crippen LogP contribution >= 0.6 is 0 Å². The Labute approximate surface area is 103 Å². The molecule has 0 radical (unpaired) electrons. The molecule has 0 unspecified atom stereocenters. The third-order valence-corrected chi connectivity index (χ3v) is 3.33. The molecule has 92 valence electrons. The molecule has 0 aromatic heterocycles. The number of carbonyl (C=O) groups excluding carboxylic acids is 1. The highest BCUT2D eigenvalue weighted by Crippen LogP contribution is 2.26. The monoisotopic (exact) mass is 232 g/mol. The number of amides is 1. The number of piperidine rings is 1. The van der Waals surface area contributed by atoms with Crippen LogP contribution in [0.1, 0.15) is 37.7 Å². The van der Waals surface area contributed by atoms with Gasteiger partial charge in [-0.1, -0.05) is 19.1 Å². The van der Waals surface area contributed by atoms with E-state index in [1.54, 1.807) is 0 Å². The Morgan fingerprint density at radius 2 is 1.94 bits per heavy atom. The summed E-state index contributed by atoms with van der Waals surface area (Å²) in [7, 11) is 0. The molecule has 3 nitrogen and oxygen atoms in total. The number of hydrogen-bond donors (Lipinski definition) is 2. The molecule has 1 aromatic rings. The normalized spacial score (nSPS) is 16.8. The summed E-state index contributed by atoms with van der Waals surface area (Å²) in [5.41, 5.74) is 2.29. The molecule has 0 bridgehead atoms. The van der Waals surface area contributed by atoms with Crippen molar-refractivity contribution in [2.75, 3.05) is 18.4 Å². The third kappa shape index (κ3) is 3.30. The van der Waals surface area contributed by atoms with E-state index in [9.17, 15) is 4.79 Å². The summed E-state index contributed by atoms with van der Waals surface area (Å²) in [6.45, 7) is 4.08. The summed E-state index contributed by atoms with van der Waals surface area (Å²) in [5.74, 6) is 0.742. The first-order chi connectivity index (χ1) is 8.29. The first kappa shape index (κ1) is 12.1. The van der Waals surface area contributed by atoms with Crippen molar-refractivity contribution in [1.29, 1.82) is 0 Å². The predicted octanol–water partition coefficient (Wildman–Crippen LogP) is 2.50. The summed E-state index contributed by atoms with van der Waals surface area (Å²) < 4.78 is 0. The average molecular weight is 232 g/mol. The molecule has 0 atom stereocenters. The molecule has 17 heavy (non-hydrogen) atoms. The lowest BCUT2D eigenvalue weighted by molar-refractivity contribution is -0.115. The number of rotatable bonds is 3. The first-order valence-electron chi connectivity index (χ1n) is 6.40. The van der Waals surface area contributed by atoms with E-state index in [1.807, 2.05) is 19.1 Å². The standard InChI is InChI=1S/C14H20N2O/c1-2-14(17)16-13-5-3-11(4-6-13)12-7-9-15-10-8-12/h3-6,12,15H,2,7-10H2,1H3,(H,16,17). The largest absolute Gasteiger partial charge is 0.326 e. The molecule has 2 rings (SSSR count). The predicted molar refractivity (Wildman–Crippen MR) is 70.2 cm³/mol. The Bertz CT molecular complexity index is 366. The zero-order valence-electron chi connectivity index (χ0n) is 10.3. The van der Waals surface area contributed by atoms with Gasteiger partial charge in [0.2, 0.25) is 5.91 Å². The maximum absolute atomic E-state index is 11.2. The van der Waals surface area contributed by atoms with Gasteiger partial charge in [0.25, 0.3) is 0 Å². The van der Waals surface area contributed by atoms with Crippen molar-refractivity contribution in [3.8, 4) is 0 Å². The number of carbonyl (C=O) groups is 1. The van der Waals surface area contributed by atoms with Crippen LogP contribution in [0.4, 0.5) is 5.69 Å². The minimum absolute atomic E-state index is 0.0691. The Balaban J connectivity index is 1.99. The van der Waals surface area contributed by atoms with Crippen molar-refractivity contribution >= 4 is 11.6 Å². The van der Waals surface area contributed by atoms with E-state index in [0.717, 1.165) is 18.8 Å². The van der Waals surface area contributed by atoms with Gasteiger partial charge < -0.3 is 10.6 Å². The molecule has 0 saturated carbocycles. The van der Waals surface area contributed by atoms with Crippen LogP contribution in [0.15, 0.2) is 24.3 Å². The first-order valence-corrected chi connectivity index (χ1v) is 6.40. The Kier molecular flexibility index (Phi) is 4.15. The van der Waals surface area contributed by atoms with E-state index in [-0.39, 0.29) is 5.91 Å².